The number of halogens is 1. The molecule has 1 atom stereocenters. The predicted molar refractivity (Wildman–Crippen MR) is 78.6 cm³/mol. The van der Waals surface area contributed by atoms with Gasteiger partial charge in [0.1, 0.15) is 0 Å². The highest BCUT2D eigenvalue weighted by Gasteiger charge is 2.31. The molecule has 1 aliphatic rings. The lowest BCUT2D eigenvalue weighted by atomic mass is 10.2. The maximum Gasteiger partial charge on any atom is 0.243 e. The molecular formula is C13H19ClN2O3S. The summed E-state index contributed by atoms with van der Waals surface area (Å²) in [7, 11) is -1.71. The number of benzene rings is 1. The van der Waals surface area contributed by atoms with Crippen LogP contribution in [0.5, 0.6) is 0 Å². The van der Waals surface area contributed by atoms with Crippen LogP contribution in [-0.4, -0.2) is 52.1 Å². The molecule has 7 heteroatoms. The summed E-state index contributed by atoms with van der Waals surface area (Å²) in [6.45, 7) is 3.48. The predicted octanol–water partition coefficient (Wildman–Crippen LogP) is 1.26. The zero-order chi connectivity index (χ0) is 14.8. The van der Waals surface area contributed by atoms with E-state index in [1.54, 1.807) is 25.1 Å². The molecule has 5 nitrogen and oxygen atoms in total. The van der Waals surface area contributed by atoms with Gasteiger partial charge in [0.15, 0.2) is 0 Å². The maximum atomic E-state index is 12.7. The lowest BCUT2D eigenvalue weighted by Crippen LogP contribution is -2.48. The number of hydrogen-bond acceptors (Lipinski definition) is 4. The van der Waals surface area contributed by atoms with Crippen molar-refractivity contribution in [3.63, 3.8) is 0 Å². The average molecular weight is 319 g/mol. The molecule has 0 amide bonds. The molecule has 0 bridgehead atoms. The molecular weight excluding hydrogens is 300 g/mol. The number of ether oxygens (including phenoxy) is 1. The van der Waals surface area contributed by atoms with Crippen molar-refractivity contribution < 1.29 is 13.2 Å². The second kappa shape index (κ2) is 6.41. The van der Waals surface area contributed by atoms with Gasteiger partial charge in [0.2, 0.25) is 10.0 Å². The van der Waals surface area contributed by atoms with Crippen LogP contribution in [0.2, 0.25) is 5.02 Å². The number of sulfonamides is 1. The van der Waals surface area contributed by atoms with Crippen LogP contribution in [0.25, 0.3) is 0 Å². The smallest absolute Gasteiger partial charge is 0.243 e. The van der Waals surface area contributed by atoms with Crippen molar-refractivity contribution in [2.75, 3.05) is 33.3 Å². The number of rotatable bonds is 4. The molecule has 1 aromatic carbocycles. The minimum absolute atomic E-state index is 0.122. The van der Waals surface area contributed by atoms with Crippen molar-refractivity contribution >= 4 is 21.6 Å². The Labute approximate surface area is 124 Å². The summed E-state index contributed by atoms with van der Waals surface area (Å²) in [6, 6.07) is 4.95. The minimum atomic E-state index is -3.53. The van der Waals surface area contributed by atoms with Crippen LogP contribution in [0, 0.1) is 6.92 Å². The van der Waals surface area contributed by atoms with Gasteiger partial charge < -0.3 is 10.1 Å². The van der Waals surface area contributed by atoms with Crippen LogP contribution < -0.4 is 5.32 Å². The van der Waals surface area contributed by atoms with Gasteiger partial charge >= 0.3 is 0 Å². The fraction of sp³-hybridized carbons (Fsp3) is 0.538. The van der Waals surface area contributed by atoms with Crippen molar-refractivity contribution in [1.82, 2.24) is 9.62 Å². The summed E-state index contributed by atoms with van der Waals surface area (Å²) in [4.78, 5) is 0.273. The lowest BCUT2D eigenvalue weighted by molar-refractivity contribution is 0.000814. The fourth-order valence-electron chi connectivity index (χ4n) is 2.27. The van der Waals surface area contributed by atoms with Crippen molar-refractivity contribution in [2.24, 2.45) is 0 Å². The summed E-state index contributed by atoms with van der Waals surface area (Å²) >= 11 is 6.02. The van der Waals surface area contributed by atoms with E-state index in [9.17, 15) is 8.42 Å². The van der Waals surface area contributed by atoms with Gasteiger partial charge in [0, 0.05) is 24.7 Å². The second-order valence-corrected chi connectivity index (χ2v) is 7.09. The first-order valence-electron chi connectivity index (χ1n) is 6.48. The maximum absolute atomic E-state index is 12.7. The third-order valence-corrected chi connectivity index (χ3v) is 5.79. The third kappa shape index (κ3) is 3.15. The molecule has 0 aliphatic carbocycles. The van der Waals surface area contributed by atoms with Gasteiger partial charge in [-0.1, -0.05) is 17.7 Å². The number of nitrogens with zero attached hydrogens (tertiary/aromatic N) is 1. The van der Waals surface area contributed by atoms with Crippen LogP contribution in [0.4, 0.5) is 0 Å². The number of hydrogen-bond donors (Lipinski definition) is 1. The number of morpholine rings is 1. The molecule has 1 N–H and O–H groups in total. The molecule has 2 rings (SSSR count). The molecule has 1 aliphatic heterocycles. The standard InChI is InChI=1S/C13H19ClN2O3S/c1-10-12(14)4-3-5-13(10)20(17,18)16-6-7-19-11(9-16)8-15-2/h3-5,11,15H,6-9H2,1-2H3. The van der Waals surface area contributed by atoms with E-state index in [0.717, 1.165) is 0 Å². The largest absolute Gasteiger partial charge is 0.374 e. The topological polar surface area (TPSA) is 58.6 Å². The average Bonchev–Trinajstić information content (AvgIpc) is 2.42. The van der Waals surface area contributed by atoms with E-state index in [1.807, 2.05) is 7.05 Å². The summed E-state index contributed by atoms with van der Waals surface area (Å²) in [6.07, 6.45) is -0.122. The van der Waals surface area contributed by atoms with Gasteiger partial charge in [-0.2, -0.15) is 4.31 Å². The zero-order valence-electron chi connectivity index (χ0n) is 11.6. The van der Waals surface area contributed by atoms with E-state index in [-0.39, 0.29) is 11.0 Å². The third-order valence-electron chi connectivity index (χ3n) is 3.37. The first-order valence-corrected chi connectivity index (χ1v) is 8.30. The minimum Gasteiger partial charge on any atom is -0.374 e. The molecule has 0 spiro atoms. The highest BCUT2D eigenvalue weighted by Crippen LogP contribution is 2.26. The van der Waals surface area contributed by atoms with Gasteiger partial charge in [0.25, 0.3) is 0 Å². The van der Waals surface area contributed by atoms with Gasteiger partial charge in [-0.3, -0.25) is 0 Å². The Hall–Kier alpha value is -0.660. The molecule has 0 saturated carbocycles. The Morgan fingerprint density at radius 3 is 2.95 bits per heavy atom. The number of nitrogens with one attached hydrogen (secondary N) is 1. The molecule has 0 radical (unpaired) electrons. The molecule has 1 heterocycles. The first kappa shape index (κ1) is 15.7. The molecule has 20 heavy (non-hydrogen) atoms. The van der Waals surface area contributed by atoms with Gasteiger partial charge in [-0.05, 0) is 31.7 Å². The Balaban J connectivity index is 2.28. The van der Waals surface area contributed by atoms with E-state index < -0.39 is 10.0 Å². The van der Waals surface area contributed by atoms with E-state index in [1.165, 1.54) is 4.31 Å². The van der Waals surface area contributed by atoms with Crippen molar-refractivity contribution in [2.45, 2.75) is 17.9 Å². The van der Waals surface area contributed by atoms with Gasteiger partial charge in [0.05, 0.1) is 17.6 Å². The van der Waals surface area contributed by atoms with E-state index in [4.69, 9.17) is 16.3 Å². The van der Waals surface area contributed by atoms with E-state index in [0.29, 0.717) is 36.8 Å². The van der Waals surface area contributed by atoms with Crippen LogP contribution in [0.1, 0.15) is 5.56 Å². The van der Waals surface area contributed by atoms with Gasteiger partial charge in [-0.15, -0.1) is 0 Å². The van der Waals surface area contributed by atoms with Crippen LogP contribution >= 0.6 is 11.6 Å². The van der Waals surface area contributed by atoms with Gasteiger partial charge in [-0.25, -0.2) is 8.42 Å². The number of likely N-dealkylation sites (N-methyl/N-ethyl adjacent to an activating group) is 1. The Morgan fingerprint density at radius 2 is 2.25 bits per heavy atom. The Kier molecular flexibility index (Phi) is 5.04. The quantitative estimate of drug-likeness (QED) is 0.908. The van der Waals surface area contributed by atoms with Crippen molar-refractivity contribution in [3.05, 3.63) is 28.8 Å². The normalized spacial score (nSPS) is 21.1. The highest BCUT2D eigenvalue weighted by molar-refractivity contribution is 7.89. The van der Waals surface area contributed by atoms with Crippen LogP contribution in [0.15, 0.2) is 23.1 Å². The van der Waals surface area contributed by atoms with E-state index in [2.05, 4.69) is 5.32 Å². The SMILES string of the molecule is CNCC1CN(S(=O)(=O)c2cccc(Cl)c2C)CCO1. The summed E-state index contributed by atoms with van der Waals surface area (Å²) in [5.74, 6) is 0. The molecule has 0 aromatic heterocycles. The summed E-state index contributed by atoms with van der Waals surface area (Å²) < 4.78 is 32.4. The van der Waals surface area contributed by atoms with E-state index >= 15 is 0 Å². The first-order chi connectivity index (χ1) is 9.46. The summed E-state index contributed by atoms with van der Waals surface area (Å²) in [5, 5.41) is 3.47. The Bertz CT molecular complexity index is 575. The lowest BCUT2D eigenvalue weighted by Gasteiger charge is -2.32. The van der Waals surface area contributed by atoms with Crippen LogP contribution in [-0.2, 0) is 14.8 Å². The monoisotopic (exact) mass is 318 g/mol. The molecule has 1 unspecified atom stereocenters. The van der Waals surface area contributed by atoms with Crippen molar-refractivity contribution in [3.8, 4) is 0 Å². The zero-order valence-corrected chi connectivity index (χ0v) is 13.2. The summed E-state index contributed by atoms with van der Waals surface area (Å²) in [5.41, 5.74) is 0.589. The molecule has 1 aromatic rings. The molecule has 1 saturated heterocycles. The fourth-order valence-corrected chi connectivity index (χ4v) is 4.20. The van der Waals surface area contributed by atoms with Crippen molar-refractivity contribution in [1.29, 1.82) is 0 Å². The second-order valence-electron chi connectivity index (χ2n) is 4.78. The highest BCUT2D eigenvalue weighted by atomic mass is 35.5. The molecule has 112 valence electrons. The van der Waals surface area contributed by atoms with Crippen LogP contribution in [0.3, 0.4) is 0 Å². The Morgan fingerprint density at radius 1 is 1.50 bits per heavy atom. The molecule has 1 fully saturated rings.